The van der Waals surface area contributed by atoms with Crippen LogP contribution in [0.1, 0.15) is 36.5 Å². The Labute approximate surface area is 125 Å². The number of aliphatic hydroxyl groups excluding tert-OH is 1. The van der Waals surface area contributed by atoms with Gasteiger partial charge in [0, 0.05) is 23.6 Å². The largest absolute Gasteiger partial charge is 0.393 e. The maximum Gasteiger partial charge on any atom is 0.164 e. The fraction of sp³-hybridized carbons (Fsp3) is 0.562. The lowest BCUT2D eigenvalue weighted by Gasteiger charge is -2.33. The molecular weight excluding hydrogens is 274 g/mol. The second-order valence-electron chi connectivity index (χ2n) is 5.60. The van der Waals surface area contributed by atoms with Gasteiger partial charge < -0.3 is 10.0 Å². The summed E-state index contributed by atoms with van der Waals surface area (Å²) >= 11 is 5.90. The smallest absolute Gasteiger partial charge is 0.164 e. The number of benzene rings is 1. The summed E-state index contributed by atoms with van der Waals surface area (Å²) in [7, 11) is 0. The minimum atomic E-state index is -0.217. The normalized spacial score (nSPS) is 18.9. The van der Waals surface area contributed by atoms with Crippen LogP contribution >= 0.6 is 11.6 Å². The summed E-state index contributed by atoms with van der Waals surface area (Å²) in [6, 6.07) is 7.13. The molecule has 0 bridgehead atoms. The fourth-order valence-electron chi connectivity index (χ4n) is 2.72. The Morgan fingerprint density at radius 1 is 1.45 bits per heavy atom. The topological polar surface area (TPSA) is 40.5 Å². The zero-order valence-electron chi connectivity index (χ0n) is 11.9. The lowest BCUT2D eigenvalue weighted by Crippen LogP contribution is -2.38. The van der Waals surface area contributed by atoms with Gasteiger partial charge in [-0.2, -0.15) is 0 Å². The Morgan fingerprint density at radius 3 is 2.75 bits per heavy atom. The number of piperidine rings is 1. The molecule has 0 aromatic heterocycles. The minimum absolute atomic E-state index is 0.144. The molecule has 2 rings (SSSR count). The van der Waals surface area contributed by atoms with Crippen molar-refractivity contribution < 1.29 is 9.90 Å². The summed E-state index contributed by atoms with van der Waals surface area (Å²) in [5, 5.41) is 10.2. The summed E-state index contributed by atoms with van der Waals surface area (Å²) in [4.78, 5) is 14.4. The summed E-state index contributed by atoms with van der Waals surface area (Å²) in [6.45, 7) is 4.59. The van der Waals surface area contributed by atoms with Crippen molar-refractivity contribution in [1.29, 1.82) is 0 Å². The number of halogens is 1. The first-order valence-electron chi connectivity index (χ1n) is 7.25. The zero-order valence-corrected chi connectivity index (χ0v) is 12.6. The van der Waals surface area contributed by atoms with E-state index in [-0.39, 0.29) is 11.9 Å². The summed E-state index contributed by atoms with van der Waals surface area (Å²) < 4.78 is 0. The molecule has 20 heavy (non-hydrogen) atoms. The van der Waals surface area contributed by atoms with Crippen molar-refractivity contribution in [3.05, 3.63) is 34.9 Å². The SMILES string of the molecule is CC(O)C1CCN(CCC(=O)c2cccc(Cl)c2)CC1. The van der Waals surface area contributed by atoms with Crippen LogP contribution in [-0.4, -0.2) is 41.5 Å². The molecule has 1 aromatic rings. The highest BCUT2D eigenvalue weighted by molar-refractivity contribution is 6.31. The molecule has 0 radical (unpaired) electrons. The number of nitrogens with zero attached hydrogens (tertiary/aromatic N) is 1. The van der Waals surface area contributed by atoms with E-state index in [1.165, 1.54) is 0 Å². The number of Topliss-reactive ketones (excluding diaryl/α,β-unsaturated/α-hetero) is 1. The Kier molecular flexibility index (Phi) is 5.58. The fourth-order valence-corrected chi connectivity index (χ4v) is 2.92. The predicted octanol–water partition coefficient (Wildman–Crippen LogP) is 3.01. The lowest BCUT2D eigenvalue weighted by atomic mass is 9.92. The van der Waals surface area contributed by atoms with Gasteiger partial charge in [-0.25, -0.2) is 0 Å². The van der Waals surface area contributed by atoms with Gasteiger partial charge in [-0.3, -0.25) is 4.79 Å². The number of carbonyl (C=O) groups excluding carboxylic acids is 1. The van der Waals surface area contributed by atoms with Crippen molar-refractivity contribution in [3.63, 3.8) is 0 Å². The molecule has 3 nitrogen and oxygen atoms in total. The average Bonchev–Trinajstić information content (AvgIpc) is 2.45. The number of hydrogen-bond acceptors (Lipinski definition) is 3. The van der Waals surface area contributed by atoms with E-state index >= 15 is 0 Å². The van der Waals surface area contributed by atoms with E-state index in [0.717, 1.165) is 32.5 Å². The van der Waals surface area contributed by atoms with E-state index in [2.05, 4.69) is 4.90 Å². The van der Waals surface area contributed by atoms with Gasteiger partial charge in [0.1, 0.15) is 0 Å². The molecule has 0 saturated carbocycles. The van der Waals surface area contributed by atoms with Gasteiger partial charge in [-0.15, -0.1) is 0 Å². The predicted molar refractivity (Wildman–Crippen MR) is 81.2 cm³/mol. The molecule has 0 spiro atoms. The molecule has 1 aromatic carbocycles. The van der Waals surface area contributed by atoms with Gasteiger partial charge in [-0.05, 0) is 50.9 Å². The lowest BCUT2D eigenvalue weighted by molar-refractivity contribution is 0.0693. The van der Waals surface area contributed by atoms with E-state index in [9.17, 15) is 9.90 Å². The third-order valence-corrected chi connectivity index (χ3v) is 4.35. The number of carbonyl (C=O) groups is 1. The highest BCUT2D eigenvalue weighted by Gasteiger charge is 2.22. The van der Waals surface area contributed by atoms with Crippen LogP contribution in [0, 0.1) is 5.92 Å². The molecule has 110 valence electrons. The Morgan fingerprint density at radius 2 is 2.15 bits per heavy atom. The third kappa shape index (κ3) is 4.30. The second-order valence-corrected chi connectivity index (χ2v) is 6.04. The van der Waals surface area contributed by atoms with E-state index in [1.54, 1.807) is 12.1 Å². The Bertz CT molecular complexity index is 454. The molecule has 1 aliphatic rings. The van der Waals surface area contributed by atoms with Crippen LogP contribution < -0.4 is 0 Å². The molecule has 1 saturated heterocycles. The van der Waals surface area contributed by atoms with E-state index in [1.807, 2.05) is 19.1 Å². The highest BCUT2D eigenvalue weighted by Crippen LogP contribution is 2.21. The number of likely N-dealkylation sites (tertiary alicyclic amines) is 1. The Hall–Kier alpha value is -0.900. The van der Waals surface area contributed by atoms with Gasteiger partial charge in [-0.1, -0.05) is 23.7 Å². The van der Waals surface area contributed by atoms with Crippen LogP contribution in [0.15, 0.2) is 24.3 Å². The van der Waals surface area contributed by atoms with Crippen molar-refractivity contribution in [2.75, 3.05) is 19.6 Å². The molecule has 1 aliphatic heterocycles. The monoisotopic (exact) mass is 295 g/mol. The standard InChI is InChI=1S/C16H22ClNO2/c1-12(19)13-5-8-18(9-6-13)10-7-16(20)14-3-2-4-15(17)11-14/h2-4,11-13,19H,5-10H2,1H3. The van der Waals surface area contributed by atoms with Crippen molar-refractivity contribution in [2.24, 2.45) is 5.92 Å². The molecule has 1 atom stereocenters. The molecule has 0 aliphatic carbocycles. The first-order valence-corrected chi connectivity index (χ1v) is 7.63. The first kappa shape index (κ1) is 15.5. The molecule has 4 heteroatoms. The number of rotatable bonds is 5. The van der Waals surface area contributed by atoms with E-state index in [4.69, 9.17) is 11.6 Å². The molecule has 1 unspecified atom stereocenters. The Balaban J connectivity index is 1.77. The maximum atomic E-state index is 12.1. The third-order valence-electron chi connectivity index (χ3n) is 4.12. The number of hydrogen-bond donors (Lipinski definition) is 1. The quantitative estimate of drug-likeness (QED) is 0.849. The summed E-state index contributed by atoms with van der Waals surface area (Å²) in [5.74, 6) is 0.556. The van der Waals surface area contributed by atoms with E-state index in [0.29, 0.717) is 22.9 Å². The molecule has 1 N–H and O–H groups in total. The molecule has 1 heterocycles. The van der Waals surface area contributed by atoms with Crippen molar-refractivity contribution in [1.82, 2.24) is 4.90 Å². The van der Waals surface area contributed by atoms with Crippen LogP contribution in [-0.2, 0) is 0 Å². The molecule has 1 fully saturated rings. The van der Waals surface area contributed by atoms with E-state index < -0.39 is 0 Å². The average molecular weight is 296 g/mol. The van der Waals surface area contributed by atoms with Crippen LogP contribution in [0.4, 0.5) is 0 Å². The van der Waals surface area contributed by atoms with Gasteiger partial charge in [0.2, 0.25) is 0 Å². The second kappa shape index (κ2) is 7.21. The summed E-state index contributed by atoms with van der Waals surface area (Å²) in [6.07, 6.45) is 2.34. The van der Waals surface area contributed by atoms with Gasteiger partial charge in [0.15, 0.2) is 5.78 Å². The van der Waals surface area contributed by atoms with Crippen LogP contribution in [0.3, 0.4) is 0 Å². The van der Waals surface area contributed by atoms with Crippen LogP contribution in [0.25, 0.3) is 0 Å². The zero-order chi connectivity index (χ0) is 14.5. The molecule has 0 amide bonds. The van der Waals surface area contributed by atoms with Crippen molar-refractivity contribution >= 4 is 17.4 Å². The highest BCUT2D eigenvalue weighted by atomic mass is 35.5. The minimum Gasteiger partial charge on any atom is -0.393 e. The van der Waals surface area contributed by atoms with Gasteiger partial charge in [0.05, 0.1) is 6.10 Å². The van der Waals surface area contributed by atoms with Crippen molar-refractivity contribution in [3.8, 4) is 0 Å². The number of ketones is 1. The van der Waals surface area contributed by atoms with Gasteiger partial charge >= 0.3 is 0 Å². The number of aliphatic hydroxyl groups is 1. The van der Waals surface area contributed by atoms with Crippen molar-refractivity contribution in [2.45, 2.75) is 32.3 Å². The molecular formula is C16H22ClNO2. The van der Waals surface area contributed by atoms with Crippen LogP contribution in [0.5, 0.6) is 0 Å². The summed E-state index contributed by atoms with van der Waals surface area (Å²) in [5.41, 5.74) is 0.691. The maximum absolute atomic E-state index is 12.1. The van der Waals surface area contributed by atoms with Crippen LogP contribution in [0.2, 0.25) is 5.02 Å². The van der Waals surface area contributed by atoms with Gasteiger partial charge in [0.25, 0.3) is 0 Å². The first-order chi connectivity index (χ1) is 9.56.